The van der Waals surface area contributed by atoms with Gasteiger partial charge in [-0.05, 0) is 37.8 Å². The lowest BCUT2D eigenvalue weighted by Gasteiger charge is -2.31. The number of benzene rings is 1. The first-order valence-corrected chi connectivity index (χ1v) is 8.62. The molecule has 6 heteroatoms. The normalized spacial score (nSPS) is 19.2. The van der Waals surface area contributed by atoms with Crippen molar-refractivity contribution in [2.45, 2.75) is 32.7 Å². The van der Waals surface area contributed by atoms with Crippen LogP contribution in [0.5, 0.6) is 0 Å². The fourth-order valence-corrected chi connectivity index (χ4v) is 3.05. The summed E-state index contributed by atoms with van der Waals surface area (Å²) in [5, 5.41) is 11.7. The van der Waals surface area contributed by atoms with Crippen molar-refractivity contribution in [2.75, 3.05) is 19.6 Å². The molecule has 1 aliphatic rings. The summed E-state index contributed by atoms with van der Waals surface area (Å²) in [4.78, 5) is 14.3. The largest absolute Gasteiger partial charge is 0.341 e. The Balaban J connectivity index is 1.54. The van der Waals surface area contributed by atoms with E-state index in [1.54, 1.807) is 4.68 Å². The van der Waals surface area contributed by atoms with Crippen LogP contribution in [0.25, 0.3) is 5.69 Å². The zero-order valence-corrected chi connectivity index (χ0v) is 14.4. The predicted octanol–water partition coefficient (Wildman–Crippen LogP) is 2.18. The summed E-state index contributed by atoms with van der Waals surface area (Å²) in [6, 6.07) is 9.86. The van der Waals surface area contributed by atoms with E-state index in [0.717, 1.165) is 30.9 Å². The zero-order valence-electron chi connectivity index (χ0n) is 14.4. The second-order valence-corrected chi connectivity index (χ2v) is 6.61. The molecule has 1 aliphatic heterocycles. The molecule has 2 atom stereocenters. The molecule has 24 heavy (non-hydrogen) atoms. The van der Waals surface area contributed by atoms with E-state index in [2.05, 4.69) is 22.6 Å². The highest BCUT2D eigenvalue weighted by molar-refractivity contribution is 5.78. The summed E-state index contributed by atoms with van der Waals surface area (Å²) in [7, 11) is 0. The van der Waals surface area contributed by atoms with E-state index in [9.17, 15) is 4.79 Å². The van der Waals surface area contributed by atoms with E-state index in [0.29, 0.717) is 12.5 Å². The van der Waals surface area contributed by atoms with E-state index >= 15 is 0 Å². The van der Waals surface area contributed by atoms with Gasteiger partial charge in [0, 0.05) is 13.1 Å². The second-order valence-electron chi connectivity index (χ2n) is 6.61. The Bertz CT molecular complexity index is 669. The molecule has 0 unspecified atom stereocenters. The zero-order chi connectivity index (χ0) is 16.9. The van der Waals surface area contributed by atoms with Gasteiger partial charge in [0.25, 0.3) is 0 Å². The summed E-state index contributed by atoms with van der Waals surface area (Å²) in [5.41, 5.74) is 1.81. The molecule has 0 radical (unpaired) electrons. The Morgan fingerprint density at radius 1 is 1.38 bits per heavy atom. The average Bonchev–Trinajstić information content (AvgIpc) is 3.10. The Kier molecular flexibility index (Phi) is 5.25. The topological polar surface area (TPSA) is 63.1 Å². The van der Waals surface area contributed by atoms with Crippen LogP contribution in [0, 0.1) is 5.92 Å². The number of nitrogens with one attached hydrogen (secondary N) is 1. The lowest BCUT2D eigenvalue weighted by Crippen LogP contribution is -2.43. The number of carbonyl (C=O) groups excluding carboxylic acids is 1. The average molecular weight is 327 g/mol. The van der Waals surface area contributed by atoms with Gasteiger partial charge in [0.05, 0.1) is 30.2 Å². The van der Waals surface area contributed by atoms with Crippen molar-refractivity contribution in [3.05, 3.63) is 42.2 Å². The molecule has 6 nitrogen and oxygen atoms in total. The Hall–Kier alpha value is -2.21. The molecule has 1 aromatic carbocycles. The van der Waals surface area contributed by atoms with Crippen LogP contribution in [0.15, 0.2) is 36.5 Å². The van der Waals surface area contributed by atoms with Crippen LogP contribution >= 0.6 is 0 Å². The quantitative estimate of drug-likeness (QED) is 0.914. The first kappa shape index (κ1) is 16.6. The summed E-state index contributed by atoms with van der Waals surface area (Å²) in [6.45, 7) is 6.30. The number of likely N-dealkylation sites (tertiary alicyclic amines) is 1. The molecule has 1 saturated heterocycles. The fraction of sp³-hybridized carbons (Fsp3) is 0.500. The van der Waals surface area contributed by atoms with Crippen LogP contribution < -0.4 is 5.32 Å². The fourth-order valence-electron chi connectivity index (χ4n) is 3.05. The minimum atomic E-state index is -0.0198. The maximum atomic E-state index is 12.3. The van der Waals surface area contributed by atoms with Gasteiger partial charge in [-0.25, -0.2) is 4.68 Å². The van der Waals surface area contributed by atoms with Gasteiger partial charge in [0.1, 0.15) is 0 Å². The smallest absolute Gasteiger partial charge is 0.236 e. The molecule has 128 valence electrons. The minimum Gasteiger partial charge on any atom is -0.341 e. The third-order valence-electron chi connectivity index (χ3n) is 4.54. The molecular weight excluding hydrogens is 302 g/mol. The SMILES string of the molecule is C[C@@H]1CCCN(C(=O)CN[C@@H](C)c2cn(-c3ccccc3)nn2)C1. The summed E-state index contributed by atoms with van der Waals surface area (Å²) >= 11 is 0. The molecule has 1 N–H and O–H groups in total. The molecule has 0 saturated carbocycles. The van der Waals surface area contributed by atoms with E-state index in [1.165, 1.54) is 6.42 Å². The molecule has 1 aromatic heterocycles. The Morgan fingerprint density at radius 2 is 2.17 bits per heavy atom. The number of hydrogen-bond donors (Lipinski definition) is 1. The van der Waals surface area contributed by atoms with Gasteiger partial charge < -0.3 is 10.2 Å². The highest BCUT2D eigenvalue weighted by Crippen LogP contribution is 2.16. The molecule has 1 amide bonds. The molecule has 1 fully saturated rings. The highest BCUT2D eigenvalue weighted by Gasteiger charge is 2.21. The van der Waals surface area contributed by atoms with E-state index in [4.69, 9.17) is 0 Å². The molecule has 2 aromatic rings. The number of nitrogens with zero attached hydrogens (tertiary/aromatic N) is 4. The van der Waals surface area contributed by atoms with Crippen molar-refractivity contribution in [1.29, 1.82) is 0 Å². The van der Waals surface area contributed by atoms with Crippen LogP contribution in [-0.4, -0.2) is 45.4 Å². The lowest BCUT2D eigenvalue weighted by molar-refractivity contribution is -0.132. The van der Waals surface area contributed by atoms with Crippen molar-refractivity contribution in [2.24, 2.45) is 5.92 Å². The van der Waals surface area contributed by atoms with E-state index in [-0.39, 0.29) is 11.9 Å². The summed E-state index contributed by atoms with van der Waals surface area (Å²) in [5.74, 6) is 0.773. The molecule has 3 rings (SSSR count). The standard InChI is InChI=1S/C18H25N5O/c1-14-7-6-10-22(12-14)18(24)11-19-15(2)17-13-23(21-20-17)16-8-4-3-5-9-16/h3-5,8-9,13-15,19H,6-7,10-12H2,1-2H3/t14-,15+/m1/s1. The van der Waals surface area contributed by atoms with Crippen LogP contribution in [0.3, 0.4) is 0 Å². The van der Waals surface area contributed by atoms with Crippen molar-refractivity contribution in [3.8, 4) is 5.69 Å². The van der Waals surface area contributed by atoms with Gasteiger partial charge >= 0.3 is 0 Å². The first-order valence-electron chi connectivity index (χ1n) is 8.62. The van der Waals surface area contributed by atoms with Crippen LogP contribution in [0.2, 0.25) is 0 Å². The molecular formula is C18H25N5O. The Morgan fingerprint density at radius 3 is 2.92 bits per heavy atom. The number of hydrogen-bond acceptors (Lipinski definition) is 4. The van der Waals surface area contributed by atoms with Gasteiger partial charge in [-0.2, -0.15) is 0 Å². The van der Waals surface area contributed by atoms with Gasteiger partial charge in [0.15, 0.2) is 0 Å². The predicted molar refractivity (Wildman–Crippen MR) is 92.8 cm³/mol. The van der Waals surface area contributed by atoms with Crippen LogP contribution in [0.4, 0.5) is 0 Å². The van der Waals surface area contributed by atoms with Crippen LogP contribution in [0.1, 0.15) is 38.4 Å². The maximum absolute atomic E-state index is 12.3. The first-order chi connectivity index (χ1) is 11.6. The number of carbonyl (C=O) groups is 1. The Labute approximate surface area is 142 Å². The molecule has 0 bridgehead atoms. The van der Waals surface area contributed by atoms with Gasteiger partial charge in [-0.15, -0.1) is 5.10 Å². The minimum absolute atomic E-state index is 0.0198. The summed E-state index contributed by atoms with van der Waals surface area (Å²) in [6.07, 6.45) is 4.23. The van der Waals surface area contributed by atoms with Crippen molar-refractivity contribution in [1.82, 2.24) is 25.2 Å². The third kappa shape index (κ3) is 4.00. The number of amides is 1. The highest BCUT2D eigenvalue weighted by atomic mass is 16.2. The van der Waals surface area contributed by atoms with Crippen LogP contribution in [-0.2, 0) is 4.79 Å². The monoisotopic (exact) mass is 327 g/mol. The maximum Gasteiger partial charge on any atom is 0.236 e. The number of rotatable bonds is 5. The van der Waals surface area contributed by atoms with Gasteiger partial charge in [-0.1, -0.05) is 30.3 Å². The van der Waals surface area contributed by atoms with Gasteiger partial charge in [0.2, 0.25) is 5.91 Å². The lowest BCUT2D eigenvalue weighted by atomic mass is 10.0. The van der Waals surface area contributed by atoms with Crippen molar-refractivity contribution >= 4 is 5.91 Å². The van der Waals surface area contributed by atoms with Gasteiger partial charge in [-0.3, -0.25) is 4.79 Å². The van der Waals surface area contributed by atoms with E-state index < -0.39 is 0 Å². The number of piperidine rings is 1. The number of aromatic nitrogens is 3. The van der Waals surface area contributed by atoms with E-state index in [1.807, 2.05) is 48.4 Å². The molecule has 0 aliphatic carbocycles. The summed E-state index contributed by atoms with van der Waals surface area (Å²) < 4.78 is 1.75. The number of para-hydroxylation sites is 1. The molecule has 0 spiro atoms. The van der Waals surface area contributed by atoms with Crippen molar-refractivity contribution in [3.63, 3.8) is 0 Å². The van der Waals surface area contributed by atoms with Crippen molar-refractivity contribution < 1.29 is 4.79 Å². The third-order valence-corrected chi connectivity index (χ3v) is 4.54. The second kappa shape index (κ2) is 7.57. The molecule has 2 heterocycles.